The van der Waals surface area contributed by atoms with E-state index in [4.69, 9.17) is 14.6 Å². The third-order valence-electron chi connectivity index (χ3n) is 3.63. The van der Waals surface area contributed by atoms with Crippen LogP contribution in [0.25, 0.3) is 0 Å². The normalized spacial score (nSPS) is 10.4. The molecule has 0 atom stereocenters. The van der Waals surface area contributed by atoms with Gasteiger partial charge in [0.1, 0.15) is 24.7 Å². The minimum Gasteiger partial charge on any atom is -0.490 e. The molecule has 128 valence electrons. The average molecular weight is 328 g/mol. The van der Waals surface area contributed by atoms with Crippen molar-refractivity contribution in [2.75, 3.05) is 13.2 Å². The molecule has 0 amide bonds. The Morgan fingerprint density at radius 1 is 0.833 bits per heavy atom. The van der Waals surface area contributed by atoms with E-state index in [1.165, 1.54) is 5.56 Å². The first-order valence-electron chi connectivity index (χ1n) is 8.32. The van der Waals surface area contributed by atoms with Crippen LogP contribution < -0.4 is 9.47 Å². The summed E-state index contributed by atoms with van der Waals surface area (Å²) in [5.41, 5.74) is 2.32. The van der Waals surface area contributed by atoms with Crippen LogP contribution in [0.3, 0.4) is 0 Å². The lowest BCUT2D eigenvalue weighted by Crippen LogP contribution is -2.09. The van der Waals surface area contributed by atoms with Crippen LogP contribution in [0.4, 0.5) is 0 Å². The number of aryl methyl sites for hydroxylation is 2. The molecule has 0 unspecified atom stereocenters. The zero-order chi connectivity index (χ0) is 17.2. The quantitative estimate of drug-likeness (QED) is 0.667. The number of rotatable bonds is 10. The molecule has 0 bridgehead atoms. The number of benzene rings is 2. The first-order chi connectivity index (χ1) is 11.7. The fourth-order valence-corrected chi connectivity index (χ4v) is 2.36. The van der Waals surface area contributed by atoms with Gasteiger partial charge in [-0.1, -0.05) is 37.6 Å². The van der Waals surface area contributed by atoms with Crippen molar-refractivity contribution < 1.29 is 19.4 Å². The molecule has 4 nitrogen and oxygen atoms in total. The van der Waals surface area contributed by atoms with Crippen LogP contribution in [0.2, 0.25) is 0 Å². The van der Waals surface area contributed by atoms with Gasteiger partial charge in [-0.15, -0.1) is 0 Å². The van der Waals surface area contributed by atoms with E-state index in [1.807, 2.05) is 36.4 Å². The molecule has 0 fully saturated rings. The maximum absolute atomic E-state index is 10.5. The van der Waals surface area contributed by atoms with E-state index in [-0.39, 0.29) is 6.42 Å². The van der Waals surface area contributed by atoms with Gasteiger partial charge in [0, 0.05) is 6.42 Å². The van der Waals surface area contributed by atoms with Gasteiger partial charge in [-0.3, -0.25) is 4.79 Å². The predicted molar refractivity (Wildman–Crippen MR) is 93.8 cm³/mol. The third kappa shape index (κ3) is 6.32. The fraction of sp³-hybridized carbons (Fsp3) is 0.350. The molecular formula is C20H24O4. The van der Waals surface area contributed by atoms with E-state index in [0.717, 1.165) is 29.9 Å². The Hall–Kier alpha value is -2.49. The first-order valence-corrected chi connectivity index (χ1v) is 8.32. The number of hydrogen-bond donors (Lipinski definition) is 1. The zero-order valence-corrected chi connectivity index (χ0v) is 14.0. The second kappa shape index (κ2) is 9.60. The second-order valence-corrected chi connectivity index (χ2v) is 5.63. The Morgan fingerprint density at radius 2 is 1.29 bits per heavy atom. The molecule has 0 aliphatic heterocycles. The number of carboxylic acids is 1. The van der Waals surface area contributed by atoms with Crippen LogP contribution in [-0.2, 0) is 17.6 Å². The van der Waals surface area contributed by atoms with Crippen LogP contribution in [-0.4, -0.2) is 24.3 Å². The van der Waals surface area contributed by atoms with Gasteiger partial charge >= 0.3 is 5.97 Å². The molecular weight excluding hydrogens is 304 g/mol. The second-order valence-electron chi connectivity index (χ2n) is 5.63. The van der Waals surface area contributed by atoms with Gasteiger partial charge in [0.25, 0.3) is 0 Å². The number of carboxylic acid groups (broad SMARTS) is 1. The van der Waals surface area contributed by atoms with E-state index in [2.05, 4.69) is 19.1 Å². The van der Waals surface area contributed by atoms with E-state index in [9.17, 15) is 4.79 Å². The van der Waals surface area contributed by atoms with Gasteiger partial charge in [-0.05, 0) is 48.2 Å². The summed E-state index contributed by atoms with van der Waals surface area (Å²) >= 11 is 0. The molecule has 0 aliphatic rings. The summed E-state index contributed by atoms with van der Waals surface area (Å²) in [5, 5.41) is 8.67. The van der Waals surface area contributed by atoms with Crippen LogP contribution in [0.15, 0.2) is 48.5 Å². The predicted octanol–water partition coefficient (Wildman–Crippen LogP) is 4.11. The van der Waals surface area contributed by atoms with Crippen molar-refractivity contribution in [1.29, 1.82) is 0 Å². The molecule has 0 radical (unpaired) electrons. The molecule has 0 saturated carbocycles. The highest BCUT2D eigenvalue weighted by atomic mass is 16.5. The Kier molecular flexibility index (Phi) is 7.15. The summed E-state index contributed by atoms with van der Waals surface area (Å²) in [6, 6.07) is 15.7. The summed E-state index contributed by atoms with van der Waals surface area (Å²) < 4.78 is 11.3. The SMILES string of the molecule is CCCc1ccc(OCCOc2ccc(CCC(=O)O)cc2)cc1. The van der Waals surface area contributed by atoms with E-state index >= 15 is 0 Å². The number of carbonyl (C=O) groups is 1. The standard InChI is InChI=1S/C20H24O4/c1-2-3-16-4-9-18(10-5-16)23-14-15-24-19-11-6-17(7-12-19)8-13-20(21)22/h4-7,9-12H,2-3,8,13-15H2,1H3,(H,21,22). The van der Waals surface area contributed by atoms with Gasteiger partial charge in [0.05, 0.1) is 0 Å². The highest BCUT2D eigenvalue weighted by Gasteiger charge is 2.00. The van der Waals surface area contributed by atoms with Gasteiger partial charge in [-0.2, -0.15) is 0 Å². The van der Waals surface area contributed by atoms with Gasteiger partial charge in [0.15, 0.2) is 0 Å². The van der Waals surface area contributed by atoms with Crippen LogP contribution >= 0.6 is 0 Å². The first kappa shape index (κ1) is 17.9. The Balaban J connectivity index is 1.69. The molecule has 2 aromatic rings. The molecule has 0 saturated heterocycles. The van der Waals surface area contributed by atoms with E-state index < -0.39 is 5.97 Å². The summed E-state index contributed by atoms with van der Waals surface area (Å²) in [6.07, 6.45) is 2.91. The Morgan fingerprint density at radius 3 is 1.71 bits per heavy atom. The smallest absolute Gasteiger partial charge is 0.303 e. The van der Waals surface area contributed by atoms with Gasteiger partial charge < -0.3 is 14.6 Å². The fourth-order valence-electron chi connectivity index (χ4n) is 2.36. The molecule has 1 N–H and O–H groups in total. The topological polar surface area (TPSA) is 55.8 Å². The van der Waals surface area contributed by atoms with Crippen LogP contribution in [0, 0.1) is 0 Å². The summed E-state index contributed by atoms with van der Waals surface area (Å²) in [7, 11) is 0. The molecule has 0 aromatic heterocycles. The molecule has 0 heterocycles. The third-order valence-corrected chi connectivity index (χ3v) is 3.63. The van der Waals surface area contributed by atoms with Crippen molar-refractivity contribution in [3.05, 3.63) is 59.7 Å². The lowest BCUT2D eigenvalue weighted by molar-refractivity contribution is -0.136. The van der Waals surface area contributed by atoms with Crippen LogP contribution in [0.5, 0.6) is 11.5 Å². The lowest BCUT2D eigenvalue weighted by Gasteiger charge is -2.09. The van der Waals surface area contributed by atoms with Crippen molar-refractivity contribution in [2.24, 2.45) is 0 Å². The van der Waals surface area contributed by atoms with Gasteiger partial charge in [0.2, 0.25) is 0 Å². The summed E-state index contributed by atoms with van der Waals surface area (Å²) in [4.78, 5) is 10.5. The number of aliphatic carboxylic acids is 1. The average Bonchev–Trinajstić information content (AvgIpc) is 2.59. The summed E-state index contributed by atoms with van der Waals surface area (Å²) in [6.45, 7) is 3.11. The lowest BCUT2D eigenvalue weighted by atomic mass is 10.1. The van der Waals surface area contributed by atoms with Gasteiger partial charge in [-0.25, -0.2) is 0 Å². The molecule has 0 spiro atoms. The number of hydrogen-bond acceptors (Lipinski definition) is 3. The largest absolute Gasteiger partial charge is 0.490 e. The molecule has 0 aliphatic carbocycles. The van der Waals surface area contributed by atoms with Crippen molar-refractivity contribution in [3.8, 4) is 11.5 Å². The minimum atomic E-state index is -0.782. The van der Waals surface area contributed by atoms with Crippen molar-refractivity contribution in [1.82, 2.24) is 0 Å². The highest BCUT2D eigenvalue weighted by Crippen LogP contribution is 2.15. The molecule has 2 rings (SSSR count). The van der Waals surface area contributed by atoms with Crippen molar-refractivity contribution in [3.63, 3.8) is 0 Å². The molecule has 2 aromatic carbocycles. The highest BCUT2D eigenvalue weighted by molar-refractivity contribution is 5.67. The van der Waals surface area contributed by atoms with Crippen molar-refractivity contribution in [2.45, 2.75) is 32.6 Å². The maximum atomic E-state index is 10.5. The van der Waals surface area contributed by atoms with E-state index in [0.29, 0.717) is 19.6 Å². The van der Waals surface area contributed by atoms with E-state index in [1.54, 1.807) is 0 Å². The monoisotopic (exact) mass is 328 g/mol. The van der Waals surface area contributed by atoms with Crippen molar-refractivity contribution >= 4 is 5.97 Å². The van der Waals surface area contributed by atoms with Crippen LogP contribution in [0.1, 0.15) is 30.9 Å². The maximum Gasteiger partial charge on any atom is 0.303 e. The number of ether oxygens (including phenoxy) is 2. The summed E-state index contributed by atoms with van der Waals surface area (Å²) in [5.74, 6) is 0.827. The Bertz CT molecular complexity index is 617. The molecule has 4 heteroatoms. The minimum absolute atomic E-state index is 0.144. The molecule has 24 heavy (non-hydrogen) atoms. The zero-order valence-electron chi connectivity index (χ0n) is 14.0. The Labute approximate surface area is 143 Å².